The van der Waals surface area contributed by atoms with Gasteiger partial charge in [0.15, 0.2) is 0 Å². The Balaban J connectivity index is 1.64. The number of benzene rings is 4. The second-order valence-corrected chi connectivity index (χ2v) is 56.2. The van der Waals surface area contributed by atoms with E-state index in [4.69, 9.17) is 17.0 Å². The number of allylic oxidation sites excluding steroid dienone is 2. The quantitative estimate of drug-likeness (QED) is 0.151. The Bertz CT molecular complexity index is 1750. The first-order valence-corrected chi connectivity index (χ1v) is 32.8. The molecule has 0 spiro atoms. The van der Waals surface area contributed by atoms with Crippen molar-refractivity contribution in [1.82, 2.24) is 0 Å². The van der Waals surface area contributed by atoms with Gasteiger partial charge in [0.2, 0.25) is 0 Å². The fraction of sp³-hybridized carbons (Fsp3) is 0.300. The molecule has 6 rings (SSSR count). The van der Waals surface area contributed by atoms with Crippen LogP contribution in [0.2, 0.25) is 13.1 Å². The molecule has 0 saturated heterocycles. The van der Waals surface area contributed by atoms with Gasteiger partial charge in [-0.25, -0.2) is 0 Å². The molecular formula is C40H45Cl2SiZr. The van der Waals surface area contributed by atoms with E-state index in [1.165, 1.54) is 61.2 Å². The van der Waals surface area contributed by atoms with Crippen molar-refractivity contribution < 1.29 is 15.6 Å². The summed E-state index contributed by atoms with van der Waals surface area (Å²) in [5, 5.41) is 0. The van der Waals surface area contributed by atoms with Gasteiger partial charge in [-0.2, -0.15) is 0 Å². The molecule has 2 aliphatic rings. The Kier molecular flexibility index (Phi) is 8.97. The Hall–Kier alpha value is -1.96. The van der Waals surface area contributed by atoms with Crippen molar-refractivity contribution in [3.63, 3.8) is 0 Å². The summed E-state index contributed by atoms with van der Waals surface area (Å²) in [6.07, 6.45) is 8.37. The normalized spacial score (nSPS) is 18.5. The molecule has 4 aromatic carbocycles. The standard InChI is InChI=1S/C20H21.C18H17.C2H7Si.2ClH.Zr/c1-3-4-8-16-13-19-15(2)11-12-18(20(19)14-16)17-9-6-5-7-10-17;1-13(2)16-11-15-9-6-10-17(18(15)12-16)14-7-4-3-5-8-14;1-3-2;;;/h5-7,9-14H,3-4,8H2,1-2H3;3-13H,1-2H3;3H,1-2H3;2*1H;/q;;;;;+2/p-2. The molecule has 0 aliphatic heterocycles. The predicted octanol–water partition coefficient (Wildman–Crippen LogP) is 12.7. The van der Waals surface area contributed by atoms with E-state index in [1.54, 1.807) is 0 Å². The van der Waals surface area contributed by atoms with E-state index in [2.05, 4.69) is 144 Å². The molecule has 4 heteroatoms. The van der Waals surface area contributed by atoms with Crippen molar-refractivity contribution in [3.8, 4) is 22.3 Å². The molecular weight excluding hydrogens is 671 g/mol. The molecule has 0 fully saturated rings. The summed E-state index contributed by atoms with van der Waals surface area (Å²) in [6.45, 7) is 14.2. The summed E-state index contributed by atoms with van der Waals surface area (Å²) in [5.41, 5.74) is 14.8. The molecule has 2 aliphatic carbocycles. The third-order valence-corrected chi connectivity index (χ3v) is 62.2. The maximum atomic E-state index is 8.73. The third kappa shape index (κ3) is 5.13. The van der Waals surface area contributed by atoms with Crippen molar-refractivity contribution in [2.75, 3.05) is 0 Å². The number of aryl methyl sites for hydroxylation is 1. The van der Waals surface area contributed by atoms with E-state index >= 15 is 0 Å². The van der Waals surface area contributed by atoms with Gasteiger partial charge in [-0.15, -0.1) is 0 Å². The zero-order chi connectivity index (χ0) is 31.2. The molecule has 2 unspecified atom stereocenters. The van der Waals surface area contributed by atoms with E-state index in [9.17, 15) is 0 Å². The molecule has 0 bridgehead atoms. The van der Waals surface area contributed by atoms with Crippen LogP contribution >= 0.6 is 17.0 Å². The van der Waals surface area contributed by atoms with E-state index in [1.807, 2.05) is 0 Å². The van der Waals surface area contributed by atoms with Gasteiger partial charge in [0.1, 0.15) is 0 Å². The van der Waals surface area contributed by atoms with Crippen LogP contribution in [0.1, 0.15) is 75.1 Å². The molecule has 0 aromatic heterocycles. The summed E-state index contributed by atoms with van der Waals surface area (Å²) in [5.74, 6) is -1.28. The number of halogens is 2. The van der Waals surface area contributed by atoms with Gasteiger partial charge < -0.3 is 0 Å². The van der Waals surface area contributed by atoms with Gasteiger partial charge in [0, 0.05) is 0 Å². The minimum atomic E-state index is -4.85. The van der Waals surface area contributed by atoms with Crippen molar-refractivity contribution in [2.45, 2.75) is 67.3 Å². The van der Waals surface area contributed by atoms with Crippen LogP contribution in [-0.4, -0.2) is 5.92 Å². The van der Waals surface area contributed by atoms with Crippen LogP contribution in [-0.2, 0) is 15.6 Å². The zero-order valence-corrected chi connectivity index (χ0v) is 32.1. The monoisotopic (exact) mass is 713 g/mol. The van der Waals surface area contributed by atoms with Crippen LogP contribution in [0.5, 0.6) is 0 Å². The average molecular weight is 716 g/mol. The molecule has 0 saturated carbocycles. The number of unbranched alkanes of at least 4 members (excludes halogenated alkanes) is 1. The van der Waals surface area contributed by atoms with E-state index < -0.39 is 21.5 Å². The van der Waals surface area contributed by atoms with Gasteiger partial charge in [0.05, 0.1) is 0 Å². The van der Waals surface area contributed by atoms with Crippen molar-refractivity contribution in [2.24, 2.45) is 5.92 Å². The molecule has 0 N–H and O–H groups in total. The van der Waals surface area contributed by atoms with Crippen LogP contribution in [0.4, 0.5) is 0 Å². The summed E-state index contributed by atoms with van der Waals surface area (Å²) < 4.78 is 0.223. The molecule has 0 heterocycles. The Morgan fingerprint density at radius 3 is 1.91 bits per heavy atom. The molecule has 2 atom stereocenters. The minimum absolute atomic E-state index is 0.103. The number of fused-ring (bicyclic) bond motifs is 2. The molecule has 227 valence electrons. The third-order valence-electron chi connectivity index (χ3n) is 10.5. The van der Waals surface area contributed by atoms with E-state index in [0.29, 0.717) is 5.92 Å². The summed E-state index contributed by atoms with van der Waals surface area (Å²) in [4.78, 5) is 0. The maximum absolute atomic E-state index is 8.73. The van der Waals surface area contributed by atoms with Crippen molar-refractivity contribution >= 4 is 35.1 Å². The van der Waals surface area contributed by atoms with Gasteiger partial charge in [0.25, 0.3) is 0 Å². The Morgan fingerprint density at radius 1 is 0.727 bits per heavy atom. The number of hydrogen-bond acceptors (Lipinski definition) is 0. The SMILES string of the molecule is CCCCC1=Cc2c(-c3ccccc3)ccc(C)c2[CH]1[Zr]([Cl])([Cl])([CH]1C(C(C)C)=Cc2c(-c3ccccc3)cccc21)[SiH](C)C. The number of rotatable bonds is 9. The zero-order valence-electron chi connectivity index (χ0n) is 27.0. The summed E-state index contributed by atoms with van der Waals surface area (Å²) in [7, 11) is 17.5. The van der Waals surface area contributed by atoms with Crippen molar-refractivity contribution in [1.29, 1.82) is 0 Å². The average Bonchev–Trinajstić information content (AvgIpc) is 3.62. The molecule has 0 nitrogen and oxygen atoms in total. The van der Waals surface area contributed by atoms with Gasteiger partial charge in [-0.1, -0.05) is 0 Å². The Morgan fingerprint density at radius 2 is 1.34 bits per heavy atom. The molecule has 0 radical (unpaired) electrons. The van der Waals surface area contributed by atoms with Crippen LogP contribution < -0.4 is 0 Å². The predicted molar refractivity (Wildman–Crippen MR) is 195 cm³/mol. The number of hydrogen-bond donors (Lipinski definition) is 0. The van der Waals surface area contributed by atoms with Crippen LogP contribution in [0, 0.1) is 12.8 Å². The van der Waals surface area contributed by atoms with Crippen LogP contribution in [0.15, 0.2) is 102 Å². The second-order valence-electron chi connectivity index (χ2n) is 13.7. The first-order valence-electron chi connectivity index (χ1n) is 16.4. The van der Waals surface area contributed by atoms with Gasteiger partial charge in [-0.05, 0) is 0 Å². The fourth-order valence-corrected chi connectivity index (χ4v) is 39.6. The van der Waals surface area contributed by atoms with Gasteiger partial charge >= 0.3 is 276 Å². The summed E-state index contributed by atoms with van der Waals surface area (Å²) >= 11 is -4.85. The molecule has 44 heavy (non-hydrogen) atoms. The topological polar surface area (TPSA) is 0 Å². The van der Waals surface area contributed by atoms with Crippen LogP contribution in [0.25, 0.3) is 34.4 Å². The first kappa shape index (κ1) is 32.0. The van der Waals surface area contributed by atoms with E-state index in [0.717, 1.165) is 19.3 Å². The Labute approximate surface area is 274 Å². The summed E-state index contributed by atoms with van der Waals surface area (Å²) in [6, 6.07) is 33.2. The first-order chi connectivity index (χ1) is 21.1. The molecule has 4 aromatic rings. The molecule has 0 amide bonds. The fourth-order valence-electron chi connectivity index (χ4n) is 8.08. The van der Waals surface area contributed by atoms with Crippen LogP contribution in [0.3, 0.4) is 0 Å². The van der Waals surface area contributed by atoms with Gasteiger partial charge in [-0.3, -0.25) is 0 Å². The second kappa shape index (κ2) is 12.3. The van der Waals surface area contributed by atoms with E-state index in [-0.39, 0.29) is 7.25 Å². The van der Waals surface area contributed by atoms with Crippen molar-refractivity contribution in [3.05, 3.63) is 130 Å².